The third kappa shape index (κ3) is 3.47. The first-order chi connectivity index (χ1) is 9.99. The highest BCUT2D eigenvalue weighted by molar-refractivity contribution is 6.00. The maximum Gasteiger partial charge on any atom is 0.253 e. The van der Waals surface area contributed by atoms with Crippen molar-refractivity contribution in [3.05, 3.63) is 23.8 Å². The van der Waals surface area contributed by atoms with E-state index in [0.717, 1.165) is 25.7 Å². The van der Waals surface area contributed by atoms with E-state index < -0.39 is 0 Å². The highest BCUT2D eigenvalue weighted by atomic mass is 16.3. The van der Waals surface area contributed by atoms with Crippen LogP contribution in [0.5, 0.6) is 0 Å². The van der Waals surface area contributed by atoms with Crippen molar-refractivity contribution in [3.63, 3.8) is 0 Å². The van der Waals surface area contributed by atoms with Gasteiger partial charge in [0.1, 0.15) is 0 Å². The SMILES string of the molecule is CNC(=O)c1ccc(N)cc1NC1(CO)CCC(C)CC1. The third-order valence-electron chi connectivity index (χ3n) is 4.45. The second kappa shape index (κ2) is 6.35. The van der Waals surface area contributed by atoms with E-state index in [9.17, 15) is 9.90 Å². The van der Waals surface area contributed by atoms with Crippen LogP contribution in [0, 0.1) is 5.92 Å². The normalized spacial score (nSPS) is 25.4. The molecule has 5 nitrogen and oxygen atoms in total. The Morgan fingerprint density at radius 1 is 1.43 bits per heavy atom. The molecule has 0 unspecified atom stereocenters. The smallest absolute Gasteiger partial charge is 0.253 e. The number of aliphatic hydroxyl groups is 1. The number of anilines is 2. The second-order valence-electron chi connectivity index (χ2n) is 6.13. The fourth-order valence-corrected chi connectivity index (χ4v) is 2.92. The first kappa shape index (κ1) is 15.6. The molecule has 21 heavy (non-hydrogen) atoms. The summed E-state index contributed by atoms with van der Waals surface area (Å²) < 4.78 is 0. The summed E-state index contributed by atoms with van der Waals surface area (Å²) in [5.74, 6) is 0.528. The van der Waals surface area contributed by atoms with Gasteiger partial charge in [-0.3, -0.25) is 4.79 Å². The largest absolute Gasteiger partial charge is 0.399 e. The number of hydrogen-bond acceptors (Lipinski definition) is 4. The first-order valence-corrected chi connectivity index (χ1v) is 7.50. The summed E-state index contributed by atoms with van der Waals surface area (Å²) in [6, 6.07) is 5.19. The molecular formula is C16H25N3O2. The molecular weight excluding hydrogens is 266 g/mol. The molecule has 5 N–H and O–H groups in total. The fraction of sp³-hybridized carbons (Fsp3) is 0.562. The number of aliphatic hydroxyl groups excluding tert-OH is 1. The minimum atomic E-state index is -0.358. The van der Waals surface area contributed by atoms with Crippen LogP contribution in [0.4, 0.5) is 11.4 Å². The van der Waals surface area contributed by atoms with Gasteiger partial charge in [-0.15, -0.1) is 0 Å². The molecule has 1 aromatic rings. The number of hydrogen-bond donors (Lipinski definition) is 4. The van der Waals surface area contributed by atoms with Crippen molar-refractivity contribution < 1.29 is 9.90 Å². The molecule has 0 aromatic heterocycles. The van der Waals surface area contributed by atoms with Gasteiger partial charge < -0.3 is 21.5 Å². The summed E-state index contributed by atoms with van der Waals surface area (Å²) in [7, 11) is 1.60. The van der Waals surface area contributed by atoms with Crippen LogP contribution in [0.15, 0.2) is 18.2 Å². The molecule has 0 aliphatic heterocycles. The number of carbonyl (C=O) groups excluding carboxylic acids is 1. The highest BCUT2D eigenvalue weighted by Crippen LogP contribution is 2.35. The Kier molecular flexibility index (Phi) is 4.73. The van der Waals surface area contributed by atoms with E-state index in [0.29, 0.717) is 22.9 Å². The number of nitrogens with one attached hydrogen (secondary N) is 2. The van der Waals surface area contributed by atoms with E-state index in [1.807, 2.05) is 0 Å². The zero-order chi connectivity index (χ0) is 15.5. The van der Waals surface area contributed by atoms with E-state index >= 15 is 0 Å². The Morgan fingerprint density at radius 3 is 2.67 bits per heavy atom. The van der Waals surface area contributed by atoms with Crippen molar-refractivity contribution >= 4 is 17.3 Å². The van der Waals surface area contributed by atoms with Gasteiger partial charge in [0.2, 0.25) is 0 Å². The lowest BCUT2D eigenvalue weighted by atomic mass is 9.77. The first-order valence-electron chi connectivity index (χ1n) is 7.50. The Morgan fingerprint density at radius 2 is 2.10 bits per heavy atom. The zero-order valence-corrected chi connectivity index (χ0v) is 12.8. The van der Waals surface area contributed by atoms with Gasteiger partial charge in [-0.2, -0.15) is 0 Å². The monoisotopic (exact) mass is 291 g/mol. The standard InChI is InChI=1S/C16H25N3O2/c1-11-5-7-16(10-20,8-6-11)19-14-9-12(17)3-4-13(14)15(21)18-2/h3-4,9,11,19-20H,5-8,10,17H2,1-2H3,(H,18,21). The van der Waals surface area contributed by atoms with Crippen molar-refractivity contribution in [3.8, 4) is 0 Å². The second-order valence-corrected chi connectivity index (χ2v) is 6.13. The summed E-state index contributed by atoms with van der Waals surface area (Å²) in [5, 5.41) is 15.9. The summed E-state index contributed by atoms with van der Waals surface area (Å²) in [4.78, 5) is 12.0. The molecule has 1 aliphatic carbocycles. The van der Waals surface area contributed by atoms with Crippen molar-refractivity contribution in [2.24, 2.45) is 5.92 Å². The van der Waals surface area contributed by atoms with Crippen molar-refractivity contribution in [1.82, 2.24) is 5.32 Å². The number of carbonyl (C=O) groups is 1. The van der Waals surface area contributed by atoms with Gasteiger partial charge in [-0.25, -0.2) is 0 Å². The molecule has 116 valence electrons. The van der Waals surface area contributed by atoms with Crippen LogP contribution in [-0.4, -0.2) is 30.2 Å². The molecule has 0 spiro atoms. The van der Waals surface area contributed by atoms with E-state index in [-0.39, 0.29) is 18.1 Å². The summed E-state index contributed by atoms with van der Waals surface area (Å²) in [5.41, 5.74) is 7.33. The number of amides is 1. The summed E-state index contributed by atoms with van der Waals surface area (Å²) in [6.07, 6.45) is 3.94. The molecule has 0 bridgehead atoms. The quantitative estimate of drug-likeness (QED) is 0.639. The lowest BCUT2D eigenvalue weighted by Crippen LogP contribution is -2.45. The zero-order valence-electron chi connectivity index (χ0n) is 12.8. The average molecular weight is 291 g/mol. The van der Waals surface area contributed by atoms with Crippen LogP contribution in [0.25, 0.3) is 0 Å². The van der Waals surface area contributed by atoms with E-state index in [4.69, 9.17) is 5.73 Å². The molecule has 0 radical (unpaired) electrons. The lowest BCUT2D eigenvalue weighted by molar-refractivity contribution is 0.0963. The molecule has 5 heteroatoms. The van der Waals surface area contributed by atoms with Crippen LogP contribution in [-0.2, 0) is 0 Å². The maximum atomic E-state index is 12.0. The maximum absolute atomic E-state index is 12.0. The molecule has 0 saturated heterocycles. The minimum Gasteiger partial charge on any atom is -0.399 e. The number of rotatable bonds is 4. The molecule has 1 fully saturated rings. The molecule has 1 amide bonds. The predicted molar refractivity (Wildman–Crippen MR) is 85.3 cm³/mol. The van der Waals surface area contributed by atoms with Gasteiger partial charge in [0.05, 0.1) is 17.7 Å². The van der Waals surface area contributed by atoms with Crippen molar-refractivity contribution in [1.29, 1.82) is 0 Å². The third-order valence-corrected chi connectivity index (χ3v) is 4.45. The van der Waals surface area contributed by atoms with Gasteiger partial charge in [0, 0.05) is 18.4 Å². The van der Waals surface area contributed by atoms with Crippen LogP contribution in [0.3, 0.4) is 0 Å². The fourth-order valence-electron chi connectivity index (χ4n) is 2.92. The summed E-state index contributed by atoms with van der Waals surface area (Å²) in [6.45, 7) is 2.29. The topological polar surface area (TPSA) is 87.4 Å². The van der Waals surface area contributed by atoms with Gasteiger partial charge >= 0.3 is 0 Å². The van der Waals surface area contributed by atoms with Gasteiger partial charge in [-0.1, -0.05) is 6.92 Å². The van der Waals surface area contributed by atoms with Crippen molar-refractivity contribution in [2.45, 2.75) is 38.1 Å². The Bertz CT molecular complexity index is 508. The Hall–Kier alpha value is -1.75. The highest BCUT2D eigenvalue weighted by Gasteiger charge is 2.34. The van der Waals surface area contributed by atoms with Crippen LogP contribution in [0.2, 0.25) is 0 Å². The van der Waals surface area contributed by atoms with Crippen molar-refractivity contribution in [2.75, 3.05) is 24.7 Å². The van der Waals surface area contributed by atoms with Crippen LogP contribution in [0.1, 0.15) is 43.0 Å². The molecule has 0 heterocycles. The number of nitrogens with two attached hydrogens (primary N) is 1. The number of nitrogen functional groups attached to an aromatic ring is 1. The van der Waals surface area contributed by atoms with Gasteiger partial charge in [0.15, 0.2) is 0 Å². The molecule has 2 rings (SSSR count). The molecule has 1 saturated carbocycles. The molecule has 1 aliphatic rings. The summed E-state index contributed by atoms with van der Waals surface area (Å²) >= 11 is 0. The van der Waals surface area contributed by atoms with Gasteiger partial charge in [0.25, 0.3) is 5.91 Å². The van der Waals surface area contributed by atoms with Crippen LogP contribution < -0.4 is 16.4 Å². The average Bonchev–Trinajstić information content (AvgIpc) is 2.49. The van der Waals surface area contributed by atoms with E-state index in [1.165, 1.54) is 0 Å². The van der Waals surface area contributed by atoms with E-state index in [2.05, 4.69) is 17.6 Å². The minimum absolute atomic E-state index is 0.0572. The Labute approximate surface area is 125 Å². The number of benzene rings is 1. The lowest BCUT2D eigenvalue weighted by Gasteiger charge is -2.40. The molecule has 0 atom stereocenters. The molecule has 1 aromatic carbocycles. The van der Waals surface area contributed by atoms with Crippen LogP contribution >= 0.6 is 0 Å². The predicted octanol–water partition coefficient (Wildman–Crippen LogP) is 1.98. The Balaban J connectivity index is 2.28. The van der Waals surface area contributed by atoms with E-state index in [1.54, 1.807) is 25.2 Å². The van der Waals surface area contributed by atoms with Gasteiger partial charge in [-0.05, 0) is 49.8 Å².